The van der Waals surface area contributed by atoms with Crippen LogP contribution in [0.1, 0.15) is 23.6 Å². The predicted molar refractivity (Wildman–Crippen MR) is 90.0 cm³/mol. The molecule has 3 heteroatoms. The summed E-state index contributed by atoms with van der Waals surface area (Å²) in [4.78, 5) is 2.45. The van der Waals surface area contributed by atoms with Crippen LogP contribution in [0.3, 0.4) is 0 Å². The molecule has 0 saturated carbocycles. The molecule has 1 unspecified atom stereocenters. The monoisotopic (exact) mass is 296 g/mol. The third kappa shape index (κ3) is 3.16. The number of ether oxygens (including phenoxy) is 1. The van der Waals surface area contributed by atoms with E-state index < -0.39 is 0 Å². The molecule has 3 nitrogen and oxygen atoms in total. The van der Waals surface area contributed by atoms with Crippen LogP contribution in [0.5, 0.6) is 5.75 Å². The fourth-order valence-electron chi connectivity index (χ4n) is 3.22. The number of nitrogens with zero attached hydrogens (tertiary/aromatic N) is 1. The zero-order chi connectivity index (χ0) is 15.6. The highest BCUT2D eigenvalue weighted by Gasteiger charge is 2.27. The summed E-state index contributed by atoms with van der Waals surface area (Å²) < 4.78 is 5.32. The second-order valence-corrected chi connectivity index (χ2v) is 6.38. The lowest BCUT2D eigenvalue weighted by Crippen LogP contribution is -2.46. The predicted octanol–water partition coefficient (Wildman–Crippen LogP) is 2.93. The van der Waals surface area contributed by atoms with Crippen molar-refractivity contribution in [3.63, 3.8) is 0 Å². The zero-order valence-corrected chi connectivity index (χ0v) is 13.4. The first-order chi connectivity index (χ1) is 10.6. The molecule has 0 spiro atoms. The van der Waals surface area contributed by atoms with Crippen LogP contribution in [0.25, 0.3) is 0 Å². The Bertz CT molecular complexity index is 651. The van der Waals surface area contributed by atoms with Gasteiger partial charge >= 0.3 is 0 Å². The largest absolute Gasteiger partial charge is 0.497 e. The first-order valence-electron chi connectivity index (χ1n) is 7.81. The van der Waals surface area contributed by atoms with E-state index >= 15 is 0 Å². The summed E-state index contributed by atoms with van der Waals surface area (Å²) in [6.45, 7) is 4.98. The first-order valence-corrected chi connectivity index (χ1v) is 7.81. The van der Waals surface area contributed by atoms with Crippen molar-refractivity contribution in [1.29, 1.82) is 0 Å². The lowest BCUT2D eigenvalue weighted by molar-refractivity contribution is 0.201. The second kappa shape index (κ2) is 6.11. The van der Waals surface area contributed by atoms with Crippen LogP contribution in [0, 0.1) is 0 Å². The molecular formula is C19H24N2O. The standard InChI is InChI=1S/C19H24N2O/c1-19(20,17-8-5-9-18(12-17)22-2)14-21-11-10-15-6-3-4-7-16(15)13-21/h3-9,12H,10-11,13-14,20H2,1-2H3. The molecule has 22 heavy (non-hydrogen) atoms. The number of hydrogen-bond donors (Lipinski definition) is 1. The first kappa shape index (κ1) is 15.1. The molecule has 1 aliphatic rings. The van der Waals surface area contributed by atoms with Gasteiger partial charge in [0, 0.05) is 19.6 Å². The molecule has 116 valence electrons. The number of fused-ring (bicyclic) bond motifs is 1. The SMILES string of the molecule is COc1cccc(C(C)(N)CN2CCc3ccccc3C2)c1. The molecular weight excluding hydrogens is 272 g/mol. The number of rotatable bonds is 4. The molecule has 0 aromatic heterocycles. The average Bonchev–Trinajstić information content (AvgIpc) is 2.54. The zero-order valence-electron chi connectivity index (χ0n) is 13.4. The van der Waals surface area contributed by atoms with Crippen molar-refractivity contribution in [3.8, 4) is 5.75 Å². The normalized spacial score (nSPS) is 17.6. The Balaban J connectivity index is 1.74. The van der Waals surface area contributed by atoms with Gasteiger partial charge in [0.25, 0.3) is 0 Å². The summed E-state index contributed by atoms with van der Waals surface area (Å²) in [5.41, 5.74) is 10.2. The van der Waals surface area contributed by atoms with Gasteiger partial charge in [-0.3, -0.25) is 4.90 Å². The molecule has 0 bridgehead atoms. The van der Waals surface area contributed by atoms with E-state index in [2.05, 4.69) is 42.2 Å². The summed E-state index contributed by atoms with van der Waals surface area (Å²) in [6.07, 6.45) is 1.10. The van der Waals surface area contributed by atoms with Crippen molar-refractivity contribution in [2.24, 2.45) is 5.73 Å². The highest BCUT2D eigenvalue weighted by molar-refractivity contribution is 5.34. The Kier molecular flexibility index (Phi) is 4.19. The van der Waals surface area contributed by atoms with Gasteiger partial charge in [-0.1, -0.05) is 36.4 Å². The highest BCUT2D eigenvalue weighted by atomic mass is 16.5. The molecule has 2 N–H and O–H groups in total. The van der Waals surface area contributed by atoms with Gasteiger partial charge in [-0.15, -0.1) is 0 Å². The van der Waals surface area contributed by atoms with Crippen LogP contribution in [-0.4, -0.2) is 25.1 Å². The summed E-state index contributed by atoms with van der Waals surface area (Å²) in [7, 11) is 1.69. The summed E-state index contributed by atoms with van der Waals surface area (Å²) in [6, 6.07) is 16.8. The Morgan fingerprint density at radius 2 is 1.91 bits per heavy atom. The van der Waals surface area contributed by atoms with Crippen molar-refractivity contribution in [2.45, 2.75) is 25.4 Å². The second-order valence-electron chi connectivity index (χ2n) is 6.38. The maximum absolute atomic E-state index is 6.62. The Labute approximate surface area is 132 Å². The smallest absolute Gasteiger partial charge is 0.119 e. The molecule has 0 aliphatic carbocycles. The molecule has 1 aliphatic heterocycles. The Morgan fingerprint density at radius 3 is 2.68 bits per heavy atom. The van der Waals surface area contributed by atoms with Gasteiger partial charge in [-0.2, -0.15) is 0 Å². The summed E-state index contributed by atoms with van der Waals surface area (Å²) in [5, 5.41) is 0. The number of nitrogens with two attached hydrogens (primary N) is 1. The highest BCUT2D eigenvalue weighted by Crippen LogP contribution is 2.26. The van der Waals surface area contributed by atoms with E-state index in [1.165, 1.54) is 11.1 Å². The molecule has 1 atom stereocenters. The van der Waals surface area contributed by atoms with Gasteiger partial charge in [-0.05, 0) is 42.2 Å². The van der Waals surface area contributed by atoms with Gasteiger partial charge in [0.1, 0.15) is 5.75 Å². The van der Waals surface area contributed by atoms with Gasteiger partial charge in [-0.25, -0.2) is 0 Å². The van der Waals surface area contributed by atoms with Gasteiger partial charge < -0.3 is 10.5 Å². The molecule has 2 aromatic rings. The van der Waals surface area contributed by atoms with E-state index in [0.29, 0.717) is 0 Å². The average molecular weight is 296 g/mol. The maximum atomic E-state index is 6.62. The molecule has 0 fully saturated rings. The van der Waals surface area contributed by atoms with Crippen LogP contribution >= 0.6 is 0 Å². The van der Waals surface area contributed by atoms with Gasteiger partial charge in [0.15, 0.2) is 0 Å². The minimum absolute atomic E-state index is 0.388. The van der Waals surface area contributed by atoms with Gasteiger partial charge in [0.05, 0.1) is 12.6 Å². The molecule has 0 saturated heterocycles. The van der Waals surface area contributed by atoms with Crippen molar-refractivity contribution >= 4 is 0 Å². The van der Waals surface area contributed by atoms with E-state index in [9.17, 15) is 0 Å². The fourth-order valence-corrected chi connectivity index (χ4v) is 3.22. The molecule has 3 rings (SSSR count). The summed E-state index contributed by atoms with van der Waals surface area (Å²) in [5.74, 6) is 0.859. The van der Waals surface area contributed by atoms with Crippen LogP contribution < -0.4 is 10.5 Å². The lowest BCUT2D eigenvalue weighted by atomic mass is 9.91. The molecule has 0 radical (unpaired) electrons. The number of hydrogen-bond acceptors (Lipinski definition) is 3. The Morgan fingerprint density at radius 1 is 1.14 bits per heavy atom. The third-order valence-electron chi connectivity index (χ3n) is 4.49. The van der Waals surface area contributed by atoms with Crippen LogP contribution in [0.4, 0.5) is 0 Å². The van der Waals surface area contributed by atoms with E-state index in [0.717, 1.165) is 37.4 Å². The van der Waals surface area contributed by atoms with Gasteiger partial charge in [0.2, 0.25) is 0 Å². The van der Waals surface area contributed by atoms with Crippen LogP contribution in [-0.2, 0) is 18.5 Å². The number of benzene rings is 2. The minimum Gasteiger partial charge on any atom is -0.497 e. The van der Waals surface area contributed by atoms with Crippen molar-refractivity contribution < 1.29 is 4.74 Å². The topological polar surface area (TPSA) is 38.5 Å². The molecule has 2 aromatic carbocycles. The van der Waals surface area contributed by atoms with Crippen molar-refractivity contribution in [3.05, 3.63) is 65.2 Å². The van der Waals surface area contributed by atoms with Crippen molar-refractivity contribution in [1.82, 2.24) is 4.90 Å². The van der Waals surface area contributed by atoms with E-state index in [4.69, 9.17) is 10.5 Å². The van der Waals surface area contributed by atoms with E-state index in [1.54, 1.807) is 7.11 Å². The minimum atomic E-state index is -0.388. The quantitative estimate of drug-likeness (QED) is 0.943. The van der Waals surface area contributed by atoms with Crippen molar-refractivity contribution in [2.75, 3.05) is 20.2 Å². The van der Waals surface area contributed by atoms with Crippen LogP contribution in [0.2, 0.25) is 0 Å². The Hall–Kier alpha value is -1.84. The van der Waals surface area contributed by atoms with E-state index in [-0.39, 0.29) is 5.54 Å². The van der Waals surface area contributed by atoms with E-state index in [1.807, 2.05) is 18.2 Å². The maximum Gasteiger partial charge on any atom is 0.119 e. The van der Waals surface area contributed by atoms with Crippen LogP contribution in [0.15, 0.2) is 48.5 Å². The molecule has 0 amide bonds. The number of methoxy groups -OCH3 is 1. The third-order valence-corrected chi connectivity index (χ3v) is 4.49. The summed E-state index contributed by atoms with van der Waals surface area (Å²) >= 11 is 0. The molecule has 1 heterocycles. The lowest BCUT2D eigenvalue weighted by Gasteiger charge is -2.36. The fraction of sp³-hybridized carbons (Fsp3) is 0.368.